The maximum atomic E-state index is 13.1. The third-order valence-electron chi connectivity index (χ3n) is 5.45. The van der Waals surface area contributed by atoms with Crippen molar-refractivity contribution in [2.45, 2.75) is 44.6 Å². The standard InChI is InChI=1S/C20H23N5O3/c1-2-21-19(28)20(10-6-3-7-11-20)24-18(27)14-12-22-25-15-9-5-4-8-13(15)17(26)23-16(14)25/h4-5,8-9,12H,2-3,6-7,10-11H2,1H3,(H,21,28)(H,23,26)(H,24,27). The predicted molar refractivity (Wildman–Crippen MR) is 105 cm³/mol. The highest BCUT2D eigenvalue weighted by Gasteiger charge is 2.41. The Morgan fingerprint density at radius 3 is 2.71 bits per heavy atom. The number of rotatable bonds is 4. The highest BCUT2D eigenvalue weighted by atomic mass is 16.2. The maximum Gasteiger partial charge on any atom is 0.259 e. The van der Waals surface area contributed by atoms with Crippen molar-refractivity contribution >= 4 is 28.4 Å². The van der Waals surface area contributed by atoms with Gasteiger partial charge < -0.3 is 15.6 Å². The molecule has 0 bridgehead atoms. The Kier molecular flexibility index (Phi) is 4.62. The molecule has 8 heteroatoms. The minimum absolute atomic E-state index is 0.154. The van der Waals surface area contributed by atoms with Gasteiger partial charge in [0, 0.05) is 6.54 Å². The number of aromatic amines is 1. The van der Waals surface area contributed by atoms with Crippen molar-refractivity contribution < 1.29 is 9.59 Å². The number of hydrogen-bond donors (Lipinski definition) is 3. The topological polar surface area (TPSA) is 108 Å². The molecule has 8 nitrogen and oxygen atoms in total. The first-order chi connectivity index (χ1) is 13.6. The summed E-state index contributed by atoms with van der Waals surface area (Å²) in [5, 5.41) is 10.6. The predicted octanol–water partition coefficient (Wildman–Crippen LogP) is 1.74. The van der Waals surface area contributed by atoms with Crippen LogP contribution in [-0.2, 0) is 4.79 Å². The summed E-state index contributed by atoms with van der Waals surface area (Å²) in [6.45, 7) is 2.36. The van der Waals surface area contributed by atoms with Crippen molar-refractivity contribution in [2.75, 3.05) is 6.54 Å². The van der Waals surface area contributed by atoms with Crippen LogP contribution in [0.5, 0.6) is 0 Å². The van der Waals surface area contributed by atoms with Gasteiger partial charge in [-0.15, -0.1) is 0 Å². The van der Waals surface area contributed by atoms with Gasteiger partial charge in [0.05, 0.1) is 17.1 Å². The lowest BCUT2D eigenvalue weighted by atomic mass is 9.80. The van der Waals surface area contributed by atoms with Gasteiger partial charge in [0.15, 0.2) is 0 Å². The van der Waals surface area contributed by atoms with Gasteiger partial charge in [-0.25, -0.2) is 4.52 Å². The number of amides is 2. The van der Waals surface area contributed by atoms with Crippen LogP contribution in [0.3, 0.4) is 0 Å². The summed E-state index contributed by atoms with van der Waals surface area (Å²) in [5.74, 6) is -0.562. The van der Waals surface area contributed by atoms with Crippen molar-refractivity contribution in [1.29, 1.82) is 0 Å². The number of aromatic nitrogens is 3. The second kappa shape index (κ2) is 7.10. The van der Waals surface area contributed by atoms with E-state index in [4.69, 9.17) is 0 Å². The molecule has 0 unspecified atom stereocenters. The van der Waals surface area contributed by atoms with Gasteiger partial charge in [0.2, 0.25) is 5.91 Å². The molecule has 0 spiro atoms. The molecule has 1 fully saturated rings. The van der Waals surface area contributed by atoms with E-state index in [2.05, 4.69) is 20.7 Å². The fraction of sp³-hybridized carbons (Fsp3) is 0.400. The van der Waals surface area contributed by atoms with Crippen LogP contribution in [0.2, 0.25) is 0 Å². The molecule has 3 aromatic rings. The molecule has 28 heavy (non-hydrogen) atoms. The number of hydrogen-bond acceptors (Lipinski definition) is 4. The highest BCUT2D eigenvalue weighted by molar-refractivity contribution is 6.03. The Bertz CT molecular complexity index is 1110. The first-order valence-electron chi connectivity index (χ1n) is 9.65. The van der Waals surface area contributed by atoms with Gasteiger partial charge in [-0.2, -0.15) is 5.10 Å². The number of nitrogens with one attached hydrogen (secondary N) is 3. The first kappa shape index (κ1) is 18.2. The van der Waals surface area contributed by atoms with Crippen LogP contribution < -0.4 is 16.2 Å². The molecule has 1 aromatic carbocycles. The van der Waals surface area contributed by atoms with E-state index in [1.165, 1.54) is 6.20 Å². The molecule has 0 saturated heterocycles. The van der Waals surface area contributed by atoms with Crippen molar-refractivity contribution in [3.05, 3.63) is 46.4 Å². The highest BCUT2D eigenvalue weighted by Crippen LogP contribution is 2.29. The summed E-state index contributed by atoms with van der Waals surface area (Å²) in [5.41, 5.74) is -0.0122. The zero-order valence-corrected chi connectivity index (χ0v) is 15.7. The molecule has 0 atom stereocenters. The Morgan fingerprint density at radius 1 is 1.21 bits per heavy atom. The van der Waals surface area contributed by atoms with Crippen LogP contribution in [0, 0.1) is 0 Å². The van der Waals surface area contributed by atoms with Crippen molar-refractivity contribution in [2.24, 2.45) is 0 Å². The minimum Gasteiger partial charge on any atom is -0.354 e. The van der Waals surface area contributed by atoms with Crippen molar-refractivity contribution in [3.63, 3.8) is 0 Å². The zero-order valence-electron chi connectivity index (χ0n) is 15.7. The van der Waals surface area contributed by atoms with E-state index < -0.39 is 11.4 Å². The molecule has 2 aromatic heterocycles. The summed E-state index contributed by atoms with van der Waals surface area (Å²) in [7, 11) is 0. The van der Waals surface area contributed by atoms with E-state index in [1.807, 2.05) is 13.0 Å². The Morgan fingerprint density at radius 2 is 1.96 bits per heavy atom. The van der Waals surface area contributed by atoms with E-state index in [1.54, 1.807) is 22.7 Å². The molecule has 4 rings (SSSR count). The molecule has 2 heterocycles. The molecule has 1 saturated carbocycles. The fourth-order valence-electron chi connectivity index (χ4n) is 4.02. The van der Waals surface area contributed by atoms with E-state index in [-0.39, 0.29) is 17.0 Å². The summed E-state index contributed by atoms with van der Waals surface area (Å²) >= 11 is 0. The quantitative estimate of drug-likeness (QED) is 0.640. The van der Waals surface area contributed by atoms with Crippen LogP contribution in [0.4, 0.5) is 0 Å². The minimum atomic E-state index is -0.920. The van der Waals surface area contributed by atoms with Gasteiger partial charge >= 0.3 is 0 Å². The smallest absolute Gasteiger partial charge is 0.259 e. The second-order valence-corrected chi connectivity index (χ2v) is 7.25. The third kappa shape index (κ3) is 2.94. The molecular weight excluding hydrogens is 358 g/mol. The molecule has 3 N–H and O–H groups in total. The van der Waals surface area contributed by atoms with Crippen LogP contribution >= 0.6 is 0 Å². The SMILES string of the molecule is CCNC(=O)C1(NC(=O)c2cnn3c2[nH]c(=O)c2ccccc23)CCCCC1. The van der Waals surface area contributed by atoms with E-state index >= 15 is 0 Å². The average Bonchev–Trinajstić information content (AvgIpc) is 3.13. The summed E-state index contributed by atoms with van der Waals surface area (Å²) < 4.78 is 1.55. The van der Waals surface area contributed by atoms with Crippen molar-refractivity contribution in [3.8, 4) is 0 Å². The molecule has 146 valence electrons. The van der Waals surface area contributed by atoms with Gasteiger partial charge in [-0.1, -0.05) is 31.4 Å². The molecule has 0 aliphatic heterocycles. The summed E-state index contributed by atoms with van der Waals surface area (Å²) in [6.07, 6.45) is 5.45. The molecule has 0 radical (unpaired) electrons. The third-order valence-corrected chi connectivity index (χ3v) is 5.45. The lowest BCUT2D eigenvalue weighted by Crippen LogP contribution is -2.59. The van der Waals surface area contributed by atoms with Crippen LogP contribution in [0.1, 0.15) is 49.4 Å². The second-order valence-electron chi connectivity index (χ2n) is 7.25. The Hall–Kier alpha value is -3.16. The number of carbonyl (C=O) groups excluding carboxylic acids is 2. The Balaban J connectivity index is 1.74. The maximum absolute atomic E-state index is 13.1. The number of benzene rings is 1. The zero-order chi connectivity index (χ0) is 19.7. The van der Waals surface area contributed by atoms with Gasteiger partial charge in [0.1, 0.15) is 16.7 Å². The number of H-pyrrole nitrogens is 1. The number of likely N-dealkylation sites (N-methyl/N-ethyl adjacent to an activating group) is 1. The largest absolute Gasteiger partial charge is 0.354 e. The van der Waals surface area contributed by atoms with Gasteiger partial charge in [-0.05, 0) is 31.9 Å². The lowest BCUT2D eigenvalue weighted by molar-refractivity contribution is -0.128. The number of fused-ring (bicyclic) bond motifs is 3. The normalized spacial score (nSPS) is 16.2. The van der Waals surface area contributed by atoms with Crippen molar-refractivity contribution in [1.82, 2.24) is 25.2 Å². The molecule has 2 amide bonds. The van der Waals surface area contributed by atoms with E-state index in [0.717, 1.165) is 19.3 Å². The molecular formula is C20H23N5O3. The van der Waals surface area contributed by atoms with Gasteiger partial charge in [-0.3, -0.25) is 14.4 Å². The average molecular weight is 381 g/mol. The fourth-order valence-corrected chi connectivity index (χ4v) is 4.02. The number of para-hydroxylation sites is 1. The van der Waals surface area contributed by atoms with E-state index in [9.17, 15) is 14.4 Å². The summed E-state index contributed by atoms with van der Waals surface area (Å²) in [4.78, 5) is 41.0. The van der Waals surface area contributed by atoms with Crippen LogP contribution in [0.15, 0.2) is 35.3 Å². The summed E-state index contributed by atoms with van der Waals surface area (Å²) in [6, 6.07) is 7.08. The monoisotopic (exact) mass is 381 g/mol. The number of carbonyl (C=O) groups is 2. The first-order valence-corrected chi connectivity index (χ1v) is 9.65. The number of nitrogens with zero attached hydrogens (tertiary/aromatic N) is 2. The van der Waals surface area contributed by atoms with Crippen LogP contribution in [-0.4, -0.2) is 38.5 Å². The lowest BCUT2D eigenvalue weighted by Gasteiger charge is -2.36. The van der Waals surface area contributed by atoms with Crippen LogP contribution in [0.25, 0.3) is 16.6 Å². The van der Waals surface area contributed by atoms with Gasteiger partial charge in [0.25, 0.3) is 11.5 Å². The Labute approximate surface area is 161 Å². The van der Waals surface area contributed by atoms with E-state index in [0.29, 0.717) is 35.9 Å². The molecule has 1 aliphatic carbocycles. The molecule has 1 aliphatic rings.